The van der Waals surface area contributed by atoms with E-state index in [0.717, 1.165) is 5.92 Å². The molecular weight excluding hydrogens is 234 g/mol. The Bertz CT molecular complexity index is 314. The van der Waals surface area contributed by atoms with E-state index in [2.05, 4.69) is 32.9 Å². The first-order chi connectivity index (χ1) is 8.48. The summed E-state index contributed by atoms with van der Waals surface area (Å²) in [5, 5.41) is 0.566. The van der Waals surface area contributed by atoms with Gasteiger partial charge in [0.2, 0.25) is 0 Å². The number of fused-ring (bicyclic) bond motifs is 2. The second-order valence-electron chi connectivity index (χ2n) is 7.35. The van der Waals surface area contributed by atoms with E-state index in [-0.39, 0.29) is 4.65 Å². The van der Waals surface area contributed by atoms with Gasteiger partial charge >= 0.3 is 0 Å². The van der Waals surface area contributed by atoms with Gasteiger partial charge in [0.25, 0.3) is 0 Å². The van der Waals surface area contributed by atoms with Crippen molar-refractivity contribution in [3.05, 3.63) is 0 Å². The molecule has 2 saturated heterocycles. The average molecular weight is 259 g/mol. The van der Waals surface area contributed by atoms with Crippen LogP contribution in [-0.4, -0.2) is 24.4 Å². The molecular formula is C15H25B2S. The van der Waals surface area contributed by atoms with Crippen molar-refractivity contribution >= 4 is 26.9 Å². The molecule has 2 aliphatic carbocycles. The zero-order valence-corrected chi connectivity index (χ0v) is 12.8. The van der Waals surface area contributed by atoms with Gasteiger partial charge in [0, 0.05) is 0 Å². The highest BCUT2D eigenvalue weighted by atomic mass is 32.2. The van der Waals surface area contributed by atoms with Gasteiger partial charge in [0.15, 0.2) is 0 Å². The van der Waals surface area contributed by atoms with Crippen LogP contribution in [0.3, 0.4) is 0 Å². The van der Waals surface area contributed by atoms with Crippen molar-refractivity contribution in [1.29, 1.82) is 0 Å². The quantitative estimate of drug-likeness (QED) is 0.679. The normalized spacial score (nSPS) is 42.2. The summed E-state index contributed by atoms with van der Waals surface area (Å²) in [6, 6.07) is 0. The summed E-state index contributed by atoms with van der Waals surface area (Å²) in [5.74, 6) is 0.812. The predicted octanol–water partition coefficient (Wildman–Crippen LogP) is 4.35. The van der Waals surface area contributed by atoms with Crippen LogP contribution in [0.2, 0.25) is 5.31 Å². The van der Waals surface area contributed by atoms with Gasteiger partial charge in [-0.25, -0.2) is 0 Å². The molecule has 4 fully saturated rings. The summed E-state index contributed by atoms with van der Waals surface area (Å²) in [5.41, 5.74) is 0. The minimum Gasteiger partial charge on any atom is -0.167 e. The minimum atomic E-state index is 0.0925. The van der Waals surface area contributed by atoms with Gasteiger partial charge in [0.05, 0.1) is 7.85 Å². The third-order valence-corrected chi connectivity index (χ3v) is 7.36. The van der Waals surface area contributed by atoms with Gasteiger partial charge in [-0.3, -0.25) is 0 Å². The minimum absolute atomic E-state index is 0.0925. The number of hydrogen-bond acceptors (Lipinski definition) is 1. The van der Waals surface area contributed by atoms with E-state index in [1.165, 1.54) is 57.8 Å². The van der Waals surface area contributed by atoms with Crippen molar-refractivity contribution in [2.45, 2.75) is 86.2 Å². The van der Waals surface area contributed by atoms with Crippen LogP contribution in [0.15, 0.2) is 0 Å². The van der Waals surface area contributed by atoms with Gasteiger partial charge in [0.1, 0.15) is 7.28 Å². The summed E-state index contributed by atoms with van der Waals surface area (Å²) >= 11 is 2.15. The molecule has 2 saturated carbocycles. The third-order valence-electron chi connectivity index (χ3n) is 5.68. The lowest BCUT2D eigenvalue weighted by Gasteiger charge is -2.64. The van der Waals surface area contributed by atoms with Gasteiger partial charge in [-0.15, -0.1) is 0 Å². The van der Waals surface area contributed by atoms with E-state index >= 15 is 0 Å². The molecule has 18 heavy (non-hydrogen) atoms. The highest BCUT2D eigenvalue weighted by Gasteiger charge is 2.60. The Morgan fingerprint density at radius 1 is 1.00 bits per heavy atom. The van der Waals surface area contributed by atoms with Gasteiger partial charge < -0.3 is 0 Å². The first kappa shape index (κ1) is 13.5. The molecule has 0 nitrogen and oxygen atoms in total. The van der Waals surface area contributed by atoms with Crippen LogP contribution in [0, 0.1) is 5.92 Å². The Hall–Kier alpha value is 0.480. The van der Waals surface area contributed by atoms with E-state index in [9.17, 15) is 0 Å². The fourth-order valence-electron chi connectivity index (χ4n) is 4.52. The fourth-order valence-corrected chi connectivity index (χ4v) is 6.71. The van der Waals surface area contributed by atoms with Gasteiger partial charge in [-0.05, 0) is 40.9 Å². The Balaban J connectivity index is 1.67. The Labute approximate surface area is 119 Å². The molecule has 2 atom stereocenters. The highest BCUT2D eigenvalue weighted by molar-refractivity contribution is 8.04. The van der Waals surface area contributed by atoms with Crippen LogP contribution >= 0.6 is 11.8 Å². The highest BCUT2D eigenvalue weighted by Crippen LogP contribution is 2.68. The molecule has 4 rings (SSSR count). The van der Waals surface area contributed by atoms with E-state index in [1.807, 2.05) is 0 Å². The maximum atomic E-state index is 6.66. The summed E-state index contributed by atoms with van der Waals surface area (Å²) < 4.78 is 0.545. The van der Waals surface area contributed by atoms with E-state index < -0.39 is 0 Å². The SMILES string of the molecule is [B]C1(SC23[B]C(C(C)C)(CCC2)C3)CCCCC1. The summed E-state index contributed by atoms with van der Waals surface area (Å²) in [4.78, 5) is 0. The Kier molecular flexibility index (Phi) is 3.37. The monoisotopic (exact) mass is 259 g/mol. The van der Waals surface area contributed by atoms with Crippen molar-refractivity contribution in [3.63, 3.8) is 0 Å². The first-order valence-corrected chi connectivity index (χ1v) is 8.66. The fraction of sp³-hybridized carbons (Fsp3) is 1.00. The molecule has 2 bridgehead atoms. The first-order valence-electron chi connectivity index (χ1n) is 7.84. The van der Waals surface area contributed by atoms with Crippen LogP contribution in [0.1, 0.15) is 71.6 Å². The van der Waals surface area contributed by atoms with Crippen molar-refractivity contribution < 1.29 is 0 Å². The topological polar surface area (TPSA) is 0 Å². The summed E-state index contributed by atoms with van der Waals surface area (Å²) in [6.07, 6.45) is 12.2. The molecule has 0 N–H and O–H groups in total. The molecule has 0 aromatic heterocycles. The maximum absolute atomic E-state index is 6.66. The molecule has 2 heterocycles. The van der Waals surface area contributed by atoms with Crippen molar-refractivity contribution in [2.75, 3.05) is 0 Å². The second kappa shape index (κ2) is 4.50. The summed E-state index contributed by atoms with van der Waals surface area (Å²) in [6.45, 7) is 4.80. The van der Waals surface area contributed by atoms with E-state index in [0.29, 0.717) is 9.96 Å². The summed E-state index contributed by atoms with van der Waals surface area (Å²) in [7, 11) is 9.37. The predicted molar refractivity (Wildman–Crippen MR) is 83.6 cm³/mol. The van der Waals surface area contributed by atoms with Crippen molar-refractivity contribution in [1.82, 2.24) is 0 Å². The molecule has 97 valence electrons. The zero-order chi connectivity index (χ0) is 12.9. The largest absolute Gasteiger partial charge is 0.167 e. The molecule has 3 heteroatoms. The molecule has 3 radical (unpaired) electrons. The average Bonchev–Trinajstić information content (AvgIpc) is 2.28. The van der Waals surface area contributed by atoms with Crippen molar-refractivity contribution in [3.8, 4) is 0 Å². The van der Waals surface area contributed by atoms with Gasteiger partial charge in [-0.1, -0.05) is 51.3 Å². The molecule has 2 aliphatic heterocycles. The Morgan fingerprint density at radius 3 is 2.28 bits per heavy atom. The van der Waals surface area contributed by atoms with Gasteiger partial charge in [-0.2, -0.15) is 11.8 Å². The third kappa shape index (κ3) is 2.19. The van der Waals surface area contributed by atoms with Crippen LogP contribution in [0.25, 0.3) is 0 Å². The van der Waals surface area contributed by atoms with E-state index in [1.54, 1.807) is 0 Å². The molecule has 0 spiro atoms. The molecule has 2 unspecified atom stereocenters. The lowest BCUT2D eigenvalue weighted by atomic mass is 9.24. The van der Waals surface area contributed by atoms with Crippen LogP contribution in [-0.2, 0) is 0 Å². The zero-order valence-electron chi connectivity index (χ0n) is 12.0. The number of rotatable bonds is 3. The molecule has 0 aromatic carbocycles. The smallest absolute Gasteiger partial charge is 0.140 e. The standard InChI is InChI=1S/C15H25B2S/c1-12(2)13-7-6-10-15(11-13,17-13)18-14(16)8-4-3-5-9-14/h12H,3-11H2,1-2H3. The van der Waals surface area contributed by atoms with E-state index in [4.69, 9.17) is 7.85 Å². The molecule has 4 aliphatic rings. The maximum Gasteiger partial charge on any atom is 0.140 e. The lowest BCUT2D eigenvalue weighted by Crippen LogP contribution is -2.61. The molecule has 0 aromatic rings. The molecule has 0 amide bonds. The second-order valence-corrected chi connectivity index (χ2v) is 9.19. The number of thioether (sulfide) groups is 1. The van der Waals surface area contributed by atoms with Crippen LogP contribution in [0.4, 0.5) is 0 Å². The van der Waals surface area contributed by atoms with Crippen LogP contribution < -0.4 is 0 Å². The Morgan fingerprint density at radius 2 is 1.67 bits per heavy atom. The number of hydrogen-bond donors (Lipinski definition) is 0. The lowest BCUT2D eigenvalue weighted by molar-refractivity contribution is 0.232. The van der Waals surface area contributed by atoms with Crippen molar-refractivity contribution in [2.24, 2.45) is 5.92 Å². The van der Waals surface area contributed by atoms with Crippen LogP contribution in [0.5, 0.6) is 0 Å².